The first-order valence-electron chi connectivity index (χ1n) is 10.7. The fraction of sp³-hybridized carbons (Fsp3) is 0.292. The molecular weight excluding hydrogens is 456 g/mol. The number of carbonyl (C=O) groups excluding carboxylic acids is 1. The predicted molar refractivity (Wildman–Crippen MR) is 133 cm³/mol. The molecule has 0 atom stereocenters. The van der Waals surface area contributed by atoms with Gasteiger partial charge in [0, 0.05) is 18.4 Å². The first kappa shape index (κ1) is 25.0. The van der Waals surface area contributed by atoms with Crippen LogP contribution in [0.25, 0.3) is 0 Å². The van der Waals surface area contributed by atoms with Crippen molar-refractivity contribution in [2.75, 3.05) is 23.4 Å². The van der Waals surface area contributed by atoms with E-state index >= 15 is 0 Å². The molecule has 3 aromatic rings. The van der Waals surface area contributed by atoms with Gasteiger partial charge in [-0.2, -0.15) is 0 Å². The van der Waals surface area contributed by atoms with Crippen molar-refractivity contribution in [3.05, 3.63) is 92.1 Å². The van der Waals surface area contributed by atoms with Crippen LogP contribution in [-0.2, 0) is 22.1 Å². The number of anilines is 2. The third-order valence-corrected chi connectivity index (χ3v) is 5.95. The summed E-state index contributed by atoms with van der Waals surface area (Å²) in [6.45, 7) is 4.08. The molecule has 0 saturated heterocycles. The second kappa shape index (κ2) is 10.1. The molecule has 1 aromatic heterocycles. The molecule has 9 nitrogen and oxygen atoms in total. The predicted octanol–water partition coefficient (Wildman–Crippen LogP) is 2.01. The summed E-state index contributed by atoms with van der Waals surface area (Å²) in [6.07, 6.45) is 1.13. The van der Waals surface area contributed by atoms with Gasteiger partial charge in [-0.1, -0.05) is 56.3 Å². The van der Waals surface area contributed by atoms with Crippen LogP contribution >= 0.6 is 0 Å². The van der Waals surface area contributed by atoms with Crippen molar-refractivity contribution in [2.24, 2.45) is 5.92 Å². The average Bonchev–Trinajstić information content (AvgIpc) is 2.75. The standard InChI is InChI=1S/C24H28N4O5S/c1-16(2)13-27(23(30)19-11-9-18(10-12-19)15-34(3,32)33)20-21(25)28(24(31)26-22(20)29)14-17-7-5-4-6-8-17/h4-12,16H,13-15,25H2,1-3H3,(H,26,29,31). The fourth-order valence-electron chi connectivity index (χ4n) is 3.60. The molecule has 3 N–H and O–H groups in total. The minimum Gasteiger partial charge on any atom is -0.383 e. The highest BCUT2D eigenvalue weighted by Crippen LogP contribution is 2.22. The summed E-state index contributed by atoms with van der Waals surface area (Å²) in [5, 5.41) is 0. The number of nitrogen functional groups attached to an aromatic ring is 1. The number of rotatable bonds is 8. The lowest BCUT2D eigenvalue weighted by molar-refractivity contribution is 0.0983. The number of nitrogens with two attached hydrogens (primary N) is 1. The summed E-state index contributed by atoms with van der Waals surface area (Å²) in [7, 11) is -3.22. The van der Waals surface area contributed by atoms with Gasteiger partial charge in [-0.15, -0.1) is 0 Å². The molecule has 0 unspecified atom stereocenters. The molecule has 0 aliphatic carbocycles. The molecule has 0 aliphatic rings. The van der Waals surface area contributed by atoms with Crippen molar-refractivity contribution in [1.82, 2.24) is 9.55 Å². The van der Waals surface area contributed by atoms with E-state index in [1.807, 2.05) is 44.2 Å². The number of benzene rings is 2. The van der Waals surface area contributed by atoms with Gasteiger partial charge in [0.05, 0.1) is 12.3 Å². The Balaban J connectivity index is 2.05. The maximum absolute atomic E-state index is 13.4. The Morgan fingerprint density at radius 2 is 1.65 bits per heavy atom. The lowest BCUT2D eigenvalue weighted by atomic mass is 10.1. The number of carbonyl (C=O) groups is 1. The number of amides is 1. The quantitative estimate of drug-likeness (QED) is 0.502. The molecule has 1 heterocycles. The zero-order valence-electron chi connectivity index (χ0n) is 19.3. The van der Waals surface area contributed by atoms with E-state index in [-0.39, 0.29) is 41.8 Å². The van der Waals surface area contributed by atoms with Gasteiger partial charge in [0.2, 0.25) is 0 Å². The highest BCUT2D eigenvalue weighted by atomic mass is 32.2. The van der Waals surface area contributed by atoms with E-state index in [0.29, 0.717) is 5.56 Å². The number of H-pyrrole nitrogens is 1. The molecule has 0 fully saturated rings. The highest BCUT2D eigenvalue weighted by Gasteiger charge is 2.26. The van der Waals surface area contributed by atoms with E-state index in [1.165, 1.54) is 21.6 Å². The molecule has 0 saturated carbocycles. The Hall–Kier alpha value is -3.66. The minimum absolute atomic E-state index is 0.0123. The van der Waals surface area contributed by atoms with Crippen LogP contribution in [0.3, 0.4) is 0 Å². The molecule has 0 bridgehead atoms. The van der Waals surface area contributed by atoms with Crippen LogP contribution in [0.5, 0.6) is 0 Å². The van der Waals surface area contributed by atoms with Crippen molar-refractivity contribution in [3.63, 3.8) is 0 Å². The van der Waals surface area contributed by atoms with Gasteiger partial charge in [-0.05, 0) is 29.2 Å². The van der Waals surface area contributed by atoms with Crippen molar-refractivity contribution in [2.45, 2.75) is 26.1 Å². The number of aromatic amines is 1. The van der Waals surface area contributed by atoms with E-state index in [4.69, 9.17) is 5.73 Å². The third kappa shape index (κ3) is 6.02. The largest absolute Gasteiger partial charge is 0.383 e. The summed E-state index contributed by atoms with van der Waals surface area (Å²) in [5.41, 5.74) is 6.38. The Labute approximate surface area is 197 Å². The number of sulfone groups is 1. The lowest BCUT2D eigenvalue weighted by Crippen LogP contribution is -2.42. The van der Waals surface area contributed by atoms with Crippen LogP contribution in [0, 0.1) is 5.92 Å². The monoisotopic (exact) mass is 484 g/mol. The summed E-state index contributed by atoms with van der Waals surface area (Å²) in [5.74, 6) is -0.752. The van der Waals surface area contributed by atoms with Crippen molar-refractivity contribution >= 4 is 27.2 Å². The molecular formula is C24H28N4O5S. The second-order valence-corrected chi connectivity index (χ2v) is 10.8. The molecule has 10 heteroatoms. The summed E-state index contributed by atoms with van der Waals surface area (Å²) < 4.78 is 24.3. The number of hydrogen-bond acceptors (Lipinski definition) is 6. The molecule has 1 amide bonds. The van der Waals surface area contributed by atoms with Gasteiger partial charge in [0.15, 0.2) is 15.5 Å². The zero-order chi connectivity index (χ0) is 25.0. The number of nitrogens with one attached hydrogen (secondary N) is 1. The van der Waals surface area contributed by atoms with Gasteiger partial charge in [-0.25, -0.2) is 13.2 Å². The number of aromatic nitrogens is 2. The van der Waals surface area contributed by atoms with Gasteiger partial charge in [-0.3, -0.25) is 19.1 Å². The van der Waals surface area contributed by atoms with Crippen LogP contribution in [-0.4, -0.2) is 36.7 Å². The molecule has 180 valence electrons. The molecule has 0 spiro atoms. The third-order valence-electron chi connectivity index (χ3n) is 5.09. The average molecular weight is 485 g/mol. The SMILES string of the molecule is CC(C)CN(C(=O)c1ccc(CS(C)(=O)=O)cc1)c1c(N)n(Cc2ccccc2)c(=O)[nH]c1=O. The zero-order valence-corrected chi connectivity index (χ0v) is 20.1. The van der Waals surface area contributed by atoms with Gasteiger partial charge in [0.25, 0.3) is 11.5 Å². The molecule has 0 aliphatic heterocycles. The second-order valence-electron chi connectivity index (χ2n) is 8.64. The summed E-state index contributed by atoms with van der Waals surface area (Å²) in [4.78, 5) is 42.3. The normalized spacial score (nSPS) is 11.5. The Morgan fingerprint density at radius 1 is 1.03 bits per heavy atom. The Morgan fingerprint density at radius 3 is 2.21 bits per heavy atom. The first-order valence-corrected chi connectivity index (χ1v) is 12.8. The number of hydrogen-bond donors (Lipinski definition) is 2. The molecule has 0 radical (unpaired) electrons. The maximum Gasteiger partial charge on any atom is 0.330 e. The van der Waals surface area contributed by atoms with Crippen LogP contribution in [0.4, 0.5) is 11.5 Å². The van der Waals surface area contributed by atoms with Crippen molar-refractivity contribution in [1.29, 1.82) is 0 Å². The molecule has 34 heavy (non-hydrogen) atoms. The van der Waals surface area contributed by atoms with Crippen molar-refractivity contribution in [3.8, 4) is 0 Å². The van der Waals surface area contributed by atoms with E-state index in [9.17, 15) is 22.8 Å². The van der Waals surface area contributed by atoms with Gasteiger partial charge in [0.1, 0.15) is 5.82 Å². The fourth-order valence-corrected chi connectivity index (χ4v) is 4.40. The Bertz CT molecular complexity index is 1390. The van der Waals surface area contributed by atoms with Crippen LogP contribution < -0.4 is 21.9 Å². The van der Waals surface area contributed by atoms with Crippen molar-refractivity contribution < 1.29 is 13.2 Å². The summed E-state index contributed by atoms with van der Waals surface area (Å²) >= 11 is 0. The smallest absolute Gasteiger partial charge is 0.330 e. The topological polar surface area (TPSA) is 135 Å². The van der Waals surface area contributed by atoms with Crippen LogP contribution in [0.15, 0.2) is 64.2 Å². The van der Waals surface area contributed by atoms with E-state index < -0.39 is 27.0 Å². The molecule has 2 aromatic carbocycles. The Kier molecular flexibility index (Phi) is 7.41. The maximum atomic E-state index is 13.4. The van der Waals surface area contributed by atoms with E-state index in [1.54, 1.807) is 12.1 Å². The van der Waals surface area contributed by atoms with E-state index in [2.05, 4.69) is 4.98 Å². The first-order chi connectivity index (χ1) is 16.0. The minimum atomic E-state index is -3.22. The molecule has 3 rings (SSSR count). The van der Waals surface area contributed by atoms with E-state index in [0.717, 1.165) is 11.8 Å². The van der Waals surface area contributed by atoms with Gasteiger partial charge < -0.3 is 10.6 Å². The van der Waals surface area contributed by atoms with Crippen LogP contribution in [0.2, 0.25) is 0 Å². The van der Waals surface area contributed by atoms with Crippen LogP contribution in [0.1, 0.15) is 35.3 Å². The van der Waals surface area contributed by atoms with Gasteiger partial charge >= 0.3 is 5.69 Å². The lowest BCUT2D eigenvalue weighted by Gasteiger charge is -2.26. The number of nitrogens with zero attached hydrogens (tertiary/aromatic N) is 2. The summed E-state index contributed by atoms with van der Waals surface area (Å²) in [6, 6.07) is 15.3. The highest BCUT2D eigenvalue weighted by molar-refractivity contribution is 7.89.